The first-order valence-corrected chi connectivity index (χ1v) is 6.41. The number of hydrogen-bond donors (Lipinski definition) is 0. The summed E-state index contributed by atoms with van der Waals surface area (Å²) in [4.78, 5) is 24.3. The van der Waals surface area contributed by atoms with Crippen molar-refractivity contribution in [3.05, 3.63) is 11.3 Å². The van der Waals surface area contributed by atoms with Crippen molar-refractivity contribution in [2.75, 3.05) is 11.6 Å². The molecule has 0 aromatic carbocycles. The molecule has 0 unspecified atom stereocenters. The molecule has 0 aliphatic carbocycles. The van der Waals surface area contributed by atoms with Crippen LogP contribution < -0.4 is 0 Å². The summed E-state index contributed by atoms with van der Waals surface area (Å²) in [6, 6.07) is 0. The van der Waals surface area contributed by atoms with Crippen LogP contribution in [0.5, 0.6) is 0 Å². The first kappa shape index (κ1) is 12.1. The molecule has 4 nitrogen and oxygen atoms in total. The quantitative estimate of drug-likeness (QED) is 0.422. The number of thioether (sulfide) groups is 1. The van der Waals surface area contributed by atoms with Crippen LogP contribution in [-0.4, -0.2) is 47.2 Å². The molecule has 2 aliphatic rings. The molecule has 8 heteroatoms. The van der Waals surface area contributed by atoms with Gasteiger partial charge in [-0.05, 0) is 5.57 Å². The smallest absolute Gasteiger partial charge is 0.378 e. The second-order valence-corrected chi connectivity index (χ2v) is 5.15. The molecule has 2 atom stereocenters. The molecule has 0 spiro atoms. The number of amides is 1. The Balaban J connectivity index is 2.36. The molecule has 1 saturated heterocycles. The van der Waals surface area contributed by atoms with Crippen LogP contribution >= 0.6 is 35.0 Å². The highest BCUT2D eigenvalue weighted by molar-refractivity contribution is 8.00. The lowest BCUT2D eigenvalue weighted by atomic mass is 10.1. The van der Waals surface area contributed by atoms with Gasteiger partial charge in [-0.15, -0.1) is 35.0 Å². The van der Waals surface area contributed by atoms with Crippen LogP contribution in [0, 0.1) is 0 Å². The molecule has 0 bridgehead atoms. The highest BCUT2D eigenvalue weighted by Gasteiger charge is 2.52. The standard InChI is InChI=1S/C8H6BCl2NO3S/c9-15-8(14)5-3(1-10)2-16-7-4(11)6(13)12(5)7/h4,7H,1-2H2/t4-,7-/m1/s1. The number of carbonyl (C=O) groups is 2. The summed E-state index contributed by atoms with van der Waals surface area (Å²) in [7, 11) is 4.83. The predicted octanol–water partition coefficient (Wildman–Crippen LogP) is 0.628. The van der Waals surface area contributed by atoms with Gasteiger partial charge >= 0.3 is 14.0 Å². The summed E-state index contributed by atoms with van der Waals surface area (Å²) in [6.45, 7) is 0. The number of hydrogen-bond acceptors (Lipinski definition) is 4. The molecular weight excluding hydrogens is 272 g/mol. The van der Waals surface area contributed by atoms with Gasteiger partial charge in [0.25, 0.3) is 0 Å². The molecule has 0 aromatic heterocycles. The summed E-state index contributed by atoms with van der Waals surface area (Å²) in [5.74, 6) is -0.369. The van der Waals surface area contributed by atoms with E-state index in [0.717, 1.165) is 0 Å². The largest absolute Gasteiger partial charge is 0.539 e. The van der Waals surface area contributed by atoms with Crippen molar-refractivity contribution in [1.29, 1.82) is 0 Å². The Morgan fingerprint density at radius 2 is 2.38 bits per heavy atom. The van der Waals surface area contributed by atoms with E-state index >= 15 is 0 Å². The van der Waals surface area contributed by atoms with Gasteiger partial charge in [0.05, 0.1) is 0 Å². The fraction of sp³-hybridized carbons (Fsp3) is 0.500. The molecule has 1 amide bonds. The number of nitrogens with zero attached hydrogens (tertiary/aromatic N) is 1. The summed E-state index contributed by atoms with van der Waals surface area (Å²) in [5.41, 5.74) is 0.776. The number of rotatable bonds is 2. The second kappa shape index (κ2) is 4.51. The SMILES string of the molecule is [B]OC(=O)C1=C(CCl)CS[C@@H]2[C@H](Cl)C(=O)N12. The molecule has 2 radical (unpaired) electrons. The fourth-order valence-electron chi connectivity index (χ4n) is 1.65. The molecule has 2 rings (SSSR count). The van der Waals surface area contributed by atoms with E-state index in [-0.39, 0.29) is 22.9 Å². The zero-order chi connectivity index (χ0) is 11.9. The highest BCUT2D eigenvalue weighted by atomic mass is 35.5. The van der Waals surface area contributed by atoms with Gasteiger partial charge in [0.2, 0.25) is 5.91 Å². The first-order valence-electron chi connectivity index (χ1n) is 4.39. The molecule has 1 fully saturated rings. The number of fused-ring (bicyclic) bond motifs is 1. The Morgan fingerprint density at radius 3 is 2.94 bits per heavy atom. The molecule has 0 aromatic rings. The lowest BCUT2D eigenvalue weighted by Crippen LogP contribution is -2.62. The van der Waals surface area contributed by atoms with Gasteiger partial charge in [0.1, 0.15) is 16.4 Å². The molecule has 2 aliphatic heterocycles. The van der Waals surface area contributed by atoms with E-state index in [1.54, 1.807) is 0 Å². The minimum Gasteiger partial charge on any atom is -0.539 e. The van der Waals surface area contributed by atoms with E-state index in [9.17, 15) is 9.59 Å². The molecule has 0 saturated carbocycles. The Bertz CT molecular complexity index is 389. The van der Waals surface area contributed by atoms with Crippen molar-refractivity contribution >= 4 is 54.9 Å². The third-order valence-corrected chi connectivity index (χ3v) is 4.68. The maximum Gasteiger partial charge on any atom is 0.378 e. The number of halogens is 2. The van der Waals surface area contributed by atoms with Crippen molar-refractivity contribution in [3.63, 3.8) is 0 Å². The molecule has 0 N–H and O–H groups in total. The molecular formula is C8H6BCl2NO3S. The van der Waals surface area contributed by atoms with E-state index in [1.807, 2.05) is 0 Å². The summed E-state index contributed by atoms with van der Waals surface area (Å²) < 4.78 is 4.16. The van der Waals surface area contributed by atoms with Gasteiger partial charge in [-0.3, -0.25) is 9.69 Å². The average Bonchev–Trinajstić information content (AvgIpc) is 2.34. The van der Waals surface area contributed by atoms with Crippen LogP contribution in [0.4, 0.5) is 0 Å². The van der Waals surface area contributed by atoms with Gasteiger partial charge in [0, 0.05) is 11.6 Å². The van der Waals surface area contributed by atoms with Gasteiger partial charge in [0.15, 0.2) is 0 Å². The zero-order valence-corrected chi connectivity index (χ0v) is 10.3. The van der Waals surface area contributed by atoms with Gasteiger partial charge in [-0.25, -0.2) is 4.79 Å². The van der Waals surface area contributed by atoms with Crippen molar-refractivity contribution in [2.45, 2.75) is 10.8 Å². The lowest BCUT2D eigenvalue weighted by molar-refractivity contribution is -0.144. The summed E-state index contributed by atoms with van der Waals surface area (Å²) in [6.07, 6.45) is 0. The number of β-lactam (4-membered cyclic amide) rings is 1. The van der Waals surface area contributed by atoms with Crippen LogP contribution in [0.2, 0.25) is 0 Å². The monoisotopic (exact) mass is 277 g/mol. The summed E-state index contributed by atoms with van der Waals surface area (Å²) in [5, 5.41) is -0.822. The van der Waals surface area contributed by atoms with Crippen molar-refractivity contribution in [1.82, 2.24) is 4.90 Å². The average molecular weight is 278 g/mol. The van der Waals surface area contributed by atoms with E-state index in [4.69, 9.17) is 31.3 Å². The Kier molecular flexibility index (Phi) is 3.42. The van der Waals surface area contributed by atoms with E-state index in [2.05, 4.69) is 4.65 Å². The summed E-state index contributed by atoms with van der Waals surface area (Å²) >= 11 is 13.0. The minimum absolute atomic E-state index is 0.142. The van der Waals surface area contributed by atoms with E-state index < -0.39 is 11.3 Å². The van der Waals surface area contributed by atoms with Gasteiger partial charge in [-0.2, -0.15) is 0 Å². The molecule has 16 heavy (non-hydrogen) atoms. The van der Waals surface area contributed by atoms with Crippen molar-refractivity contribution in [2.24, 2.45) is 0 Å². The Morgan fingerprint density at radius 1 is 1.69 bits per heavy atom. The fourth-order valence-corrected chi connectivity index (χ4v) is 3.67. The normalized spacial score (nSPS) is 28.6. The van der Waals surface area contributed by atoms with Crippen molar-refractivity contribution in [3.8, 4) is 0 Å². The topological polar surface area (TPSA) is 46.6 Å². The van der Waals surface area contributed by atoms with Crippen LogP contribution in [0.3, 0.4) is 0 Å². The third kappa shape index (κ3) is 1.63. The first-order chi connectivity index (χ1) is 7.61. The van der Waals surface area contributed by atoms with Gasteiger partial charge < -0.3 is 4.65 Å². The zero-order valence-electron chi connectivity index (χ0n) is 7.98. The van der Waals surface area contributed by atoms with Gasteiger partial charge in [-0.1, -0.05) is 0 Å². The molecule has 2 heterocycles. The molecule has 84 valence electrons. The van der Waals surface area contributed by atoms with E-state index in [1.165, 1.54) is 16.7 Å². The minimum atomic E-state index is -0.752. The highest BCUT2D eigenvalue weighted by Crippen LogP contribution is 2.42. The maximum absolute atomic E-state index is 11.5. The number of carbonyl (C=O) groups excluding carboxylic acids is 2. The predicted molar refractivity (Wildman–Crippen MR) is 62.3 cm³/mol. The number of alkyl halides is 2. The van der Waals surface area contributed by atoms with Crippen LogP contribution in [0.15, 0.2) is 11.3 Å². The Labute approximate surface area is 108 Å². The van der Waals surface area contributed by atoms with Crippen LogP contribution in [0.25, 0.3) is 0 Å². The maximum atomic E-state index is 11.5. The third-order valence-electron chi connectivity index (χ3n) is 2.44. The van der Waals surface area contributed by atoms with Crippen molar-refractivity contribution < 1.29 is 14.2 Å². The Hall–Kier alpha value is -0.325. The van der Waals surface area contributed by atoms with Crippen LogP contribution in [0.1, 0.15) is 0 Å². The lowest BCUT2D eigenvalue weighted by Gasteiger charge is -2.47. The van der Waals surface area contributed by atoms with E-state index in [0.29, 0.717) is 11.3 Å². The second-order valence-electron chi connectivity index (χ2n) is 3.30. The van der Waals surface area contributed by atoms with Crippen LogP contribution in [-0.2, 0) is 14.2 Å².